The summed E-state index contributed by atoms with van der Waals surface area (Å²) in [7, 11) is -0.697. The third kappa shape index (κ3) is 6.73. The molecule has 0 amide bonds. The number of esters is 1. The van der Waals surface area contributed by atoms with E-state index in [0.717, 1.165) is 16.9 Å². The highest BCUT2D eigenvalue weighted by Gasteiger charge is 2.31. The number of piperazine rings is 1. The SMILES string of the molecule is COC(=O)c1ccc(CO[C@H](CN2CCN(S(=O)(=O)c3ccccc3Cl)CC2)c2cccc(OC)c2)cc1. The highest BCUT2D eigenvalue weighted by Crippen LogP contribution is 2.27. The number of carbonyl (C=O) groups excluding carboxylic acids is 1. The molecule has 1 aliphatic rings. The van der Waals surface area contributed by atoms with E-state index in [4.69, 9.17) is 25.8 Å². The minimum absolute atomic E-state index is 0.130. The molecule has 1 atom stereocenters. The van der Waals surface area contributed by atoms with Gasteiger partial charge in [-0.15, -0.1) is 0 Å². The first-order valence-corrected chi connectivity index (χ1v) is 14.0. The van der Waals surface area contributed by atoms with Gasteiger partial charge in [0.1, 0.15) is 10.6 Å². The molecule has 1 fully saturated rings. The van der Waals surface area contributed by atoms with Gasteiger partial charge >= 0.3 is 5.97 Å². The van der Waals surface area contributed by atoms with Crippen LogP contribution in [0.4, 0.5) is 0 Å². The lowest BCUT2D eigenvalue weighted by atomic mass is 10.1. The maximum absolute atomic E-state index is 13.1. The van der Waals surface area contributed by atoms with Crippen molar-refractivity contribution >= 4 is 27.6 Å². The fraction of sp³-hybridized carbons (Fsp3) is 0.321. The minimum atomic E-state index is -3.67. The molecule has 38 heavy (non-hydrogen) atoms. The first-order chi connectivity index (χ1) is 18.3. The summed E-state index contributed by atoms with van der Waals surface area (Å²) < 4.78 is 44.3. The van der Waals surface area contributed by atoms with Gasteiger partial charge in [0.15, 0.2) is 0 Å². The van der Waals surface area contributed by atoms with E-state index in [1.54, 1.807) is 37.4 Å². The van der Waals surface area contributed by atoms with Crippen LogP contribution < -0.4 is 4.74 Å². The molecule has 0 N–H and O–H groups in total. The number of halogens is 1. The van der Waals surface area contributed by atoms with Gasteiger partial charge in [0, 0.05) is 32.7 Å². The van der Waals surface area contributed by atoms with Crippen molar-refractivity contribution in [1.29, 1.82) is 0 Å². The van der Waals surface area contributed by atoms with Crippen molar-refractivity contribution < 1.29 is 27.4 Å². The Kier molecular flexibility index (Phi) is 9.40. The van der Waals surface area contributed by atoms with Gasteiger partial charge in [-0.2, -0.15) is 4.31 Å². The maximum atomic E-state index is 13.1. The topological polar surface area (TPSA) is 85.4 Å². The summed E-state index contributed by atoms with van der Waals surface area (Å²) >= 11 is 6.17. The summed E-state index contributed by atoms with van der Waals surface area (Å²) in [4.78, 5) is 14.0. The van der Waals surface area contributed by atoms with Crippen molar-refractivity contribution in [2.24, 2.45) is 0 Å². The largest absolute Gasteiger partial charge is 0.497 e. The Morgan fingerprint density at radius 2 is 1.66 bits per heavy atom. The lowest BCUT2D eigenvalue weighted by Crippen LogP contribution is -2.49. The number of benzene rings is 3. The van der Waals surface area contributed by atoms with E-state index in [1.807, 2.05) is 36.4 Å². The van der Waals surface area contributed by atoms with Gasteiger partial charge in [-0.05, 0) is 47.5 Å². The van der Waals surface area contributed by atoms with Gasteiger partial charge in [0.2, 0.25) is 10.0 Å². The molecule has 3 aromatic carbocycles. The van der Waals surface area contributed by atoms with Crippen LogP contribution in [0.15, 0.2) is 77.7 Å². The molecule has 1 aliphatic heterocycles. The second kappa shape index (κ2) is 12.7. The molecule has 0 spiro atoms. The lowest BCUT2D eigenvalue weighted by Gasteiger charge is -2.36. The number of methoxy groups -OCH3 is 2. The van der Waals surface area contributed by atoms with Crippen molar-refractivity contribution in [2.45, 2.75) is 17.6 Å². The molecule has 8 nitrogen and oxygen atoms in total. The highest BCUT2D eigenvalue weighted by atomic mass is 35.5. The quantitative estimate of drug-likeness (QED) is 0.341. The molecule has 0 saturated carbocycles. The van der Waals surface area contributed by atoms with Gasteiger partial charge in [0.25, 0.3) is 0 Å². The third-order valence-corrected chi connectivity index (χ3v) is 8.90. The summed E-state index contributed by atoms with van der Waals surface area (Å²) in [5.41, 5.74) is 2.35. The van der Waals surface area contributed by atoms with E-state index in [0.29, 0.717) is 44.9 Å². The molecule has 202 valence electrons. The van der Waals surface area contributed by atoms with E-state index in [9.17, 15) is 13.2 Å². The second-order valence-corrected chi connectivity index (χ2v) is 11.2. The predicted octanol–water partition coefficient (Wildman–Crippen LogP) is 4.40. The molecular formula is C28H31ClN2O6S. The van der Waals surface area contributed by atoms with Crippen LogP contribution in [0.3, 0.4) is 0 Å². The number of rotatable bonds is 10. The lowest BCUT2D eigenvalue weighted by molar-refractivity contribution is 0.00761. The average Bonchev–Trinajstić information content (AvgIpc) is 2.95. The first-order valence-electron chi connectivity index (χ1n) is 12.2. The second-order valence-electron chi connectivity index (χ2n) is 8.90. The Morgan fingerprint density at radius 3 is 2.32 bits per heavy atom. The molecule has 0 bridgehead atoms. The Bertz CT molecular complexity index is 1340. The van der Waals surface area contributed by atoms with Gasteiger partial charge in [-0.25, -0.2) is 13.2 Å². The summed E-state index contributed by atoms with van der Waals surface area (Å²) in [5, 5.41) is 0.223. The number of sulfonamides is 1. The van der Waals surface area contributed by atoms with Crippen molar-refractivity contribution in [2.75, 3.05) is 46.9 Å². The molecule has 10 heteroatoms. The van der Waals surface area contributed by atoms with Gasteiger partial charge in [-0.3, -0.25) is 4.90 Å². The third-order valence-electron chi connectivity index (χ3n) is 6.50. The predicted molar refractivity (Wildman–Crippen MR) is 145 cm³/mol. The standard InChI is InChI=1S/C28H31ClN2O6S/c1-35-24-7-5-6-23(18-24)26(37-20-21-10-12-22(13-11-21)28(32)36-2)19-30-14-16-31(17-15-30)38(33,34)27-9-4-3-8-25(27)29/h3-13,18,26H,14-17,19-20H2,1-2H3/t26-/m1/s1. The number of hydrogen-bond donors (Lipinski definition) is 0. The van der Waals surface area contributed by atoms with Crippen LogP contribution in [-0.4, -0.2) is 70.5 Å². The van der Waals surface area contributed by atoms with Crippen LogP contribution in [0.25, 0.3) is 0 Å². The summed E-state index contributed by atoms with van der Waals surface area (Å²) in [6.45, 7) is 2.74. The molecule has 3 aromatic rings. The van der Waals surface area contributed by atoms with Crippen LogP contribution in [-0.2, 0) is 26.1 Å². The number of nitrogens with zero attached hydrogens (tertiary/aromatic N) is 2. The van der Waals surface area contributed by atoms with Crippen LogP contribution in [0.5, 0.6) is 5.75 Å². The normalized spacial score (nSPS) is 15.7. The van der Waals surface area contributed by atoms with Crippen LogP contribution in [0, 0.1) is 0 Å². The van der Waals surface area contributed by atoms with E-state index in [2.05, 4.69) is 4.90 Å². The average molecular weight is 559 g/mol. The maximum Gasteiger partial charge on any atom is 0.337 e. The van der Waals surface area contributed by atoms with Crippen LogP contribution in [0.1, 0.15) is 27.6 Å². The van der Waals surface area contributed by atoms with Crippen LogP contribution in [0.2, 0.25) is 5.02 Å². The minimum Gasteiger partial charge on any atom is -0.497 e. The van der Waals surface area contributed by atoms with Crippen molar-refractivity contribution in [3.8, 4) is 5.75 Å². The van der Waals surface area contributed by atoms with E-state index < -0.39 is 10.0 Å². The van der Waals surface area contributed by atoms with Crippen LogP contribution >= 0.6 is 11.6 Å². The van der Waals surface area contributed by atoms with Gasteiger partial charge in [-0.1, -0.05) is 48.0 Å². The summed E-state index contributed by atoms with van der Waals surface area (Å²) in [6.07, 6.45) is -0.280. The zero-order chi connectivity index (χ0) is 27.1. The molecule has 0 aliphatic carbocycles. The zero-order valence-corrected chi connectivity index (χ0v) is 23.0. The Labute approximate surface area is 228 Å². The Morgan fingerprint density at radius 1 is 0.947 bits per heavy atom. The fourth-order valence-corrected chi connectivity index (χ4v) is 6.24. The number of ether oxygens (including phenoxy) is 3. The fourth-order valence-electron chi connectivity index (χ4n) is 4.33. The smallest absolute Gasteiger partial charge is 0.337 e. The van der Waals surface area contributed by atoms with Crippen molar-refractivity contribution in [1.82, 2.24) is 9.21 Å². The van der Waals surface area contributed by atoms with E-state index >= 15 is 0 Å². The Balaban J connectivity index is 1.44. The van der Waals surface area contributed by atoms with E-state index in [-0.39, 0.29) is 22.0 Å². The zero-order valence-electron chi connectivity index (χ0n) is 21.4. The van der Waals surface area contributed by atoms with Crippen molar-refractivity contribution in [3.05, 3.63) is 94.5 Å². The van der Waals surface area contributed by atoms with Gasteiger partial charge in [0.05, 0.1) is 37.5 Å². The number of hydrogen-bond acceptors (Lipinski definition) is 7. The molecule has 1 saturated heterocycles. The molecule has 1 heterocycles. The molecule has 0 aromatic heterocycles. The summed E-state index contributed by atoms with van der Waals surface area (Å²) in [5.74, 6) is 0.344. The summed E-state index contributed by atoms with van der Waals surface area (Å²) in [6, 6.07) is 21.4. The number of carbonyl (C=O) groups is 1. The Hall–Kier alpha value is -2.95. The molecular weight excluding hydrogens is 528 g/mol. The van der Waals surface area contributed by atoms with Gasteiger partial charge < -0.3 is 14.2 Å². The molecule has 0 unspecified atom stereocenters. The molecule has 0 radical (unpaired) electrons. The van der Waals surface area contributed by atoms with E-state index in [1.165, 1.54) is 17.5 Å². The monoisotopic (exact) mass is 558 g/mol. The first kappa shape index (κ1) is 28.1. The molecule has 4 rings (SSSR count). The highest BCUT2D eigenvalue weighted by molar-refractivity contribution is 7.89. The van der Waals surface area contributed by atoms with Crippen molar-refractivity contribution in [3.63, 3.8) is 0 Å².